The summed E-state index contributed by atoms with van der Waals surface area (Å²) in [5.41, 5.74) is -3.26. The van der Waals surface area contributed by atoms with Crippen LogP contribution in [-0.2, 0) is 33.4 Å². The molecule has 10 heteroatoms. The van der Waals surface area contributed by atoms with Gasteiger partial charge in [-0.1, -0.05) is 6.42 Å². The van der Waals surface area contributed by atoms with Gasteiger partial charge >= 0.3 is 17.9 Å². The number of hydrogen-bond donors (Lipinski definition) is 0. The van der Waals surface area contributed by atoms with Crippen molar-refractivity contribution >= 4 is 45.4 Å². The van der Waals surface area contributed by atoms with Crippen LogP contribution in [-0.4, -0.2) is 53.3 Å². The summed E-state index contributed by atoms with van der Waals surface area (Å²) in [4.78, 5) is 67.3. The first-order valence-electron chi connectivity index (χ1n) is 10.5. The summed E-state index contributed by atoms with van der Waals surface area (Å²) in [6.07, 6.45) is 2.94. The smallest absolute Gasteiger partial charge is 0.328 e. The quantitative estimate of drug-likeness (QED) is 0.131. The molecule has 0 bridgehead atoms. The molecule has 0 spiro atoms. The number of pyridine rings is 1. The SMILES string of the molecule is CCOC(=O)CCCCC(C(=O)COC(C)=O)(C(=O)OC(C)(C)C)C(=O)c1cncc(Br)c1. The van der Waals surface area contributed by atoms with Crippen LogP contribution < -0.4 is 0 Å². The van der Waals surface area contributed by atoms with Crippen molar-refractivity contribution < 1.29 is 38.2 Å². The Bertz CT molecular complexity index is 893. The summed E-state index contributed by atoms with van der Waals surface area (Å²) in [6.45, 7) is 7.08. The van der Waals surface area contributed by atoms with E-state index in [0.717, 1.165) is 6.92 Å². The van der Waals surface area contributed by atoms with E-state index in [1.807, 2.05) is 0 Å². The molecule has 0 saturated heterocycles. The average molecular weight is 528 g/mol. The van der Waals surface area contributed by atoms with Gasteiger partial charge in [0.2, 0.25) is 0 Å². The molecule has 1 aromatic rings. The number of carbonyl (C=O) groups excluding carboxylic acids is 5. The van der Waals surface area contributed by atoms with E-state index < -0.39 is 47.1 Å². The third-order valence-electron chi connectivity index (χ3n) is 4.47. The van der Waals surface area contributed by atoms with Gasteiger partial charge in [-0.05, 0) is 62.5 Å². The molecule has 1 rings (SSSR count). The van der Waals surface area contributed by atoms with Gasteiger partial charge in [-0.15, -0.1) is 0 Å². The molecule has 1 unspecified atom stereocenters. The molecule has 0 fully saturated rings. The van der Waals surface area contributed by atoms with Crippen molar-refractivity contribution in [2.24, 2.45) is 5.41 Å². The van der Waals surface area contributed by atoms with Gasteiger partial charge in [0, 0.05) is 35.8 Å². The second-order valence-electron chi connectivity index (χ2n) is 8.34. The van der Waals surface area contributed by atoms with Crippen molar-refractivity contribution in [2.45, 2.75) is 65.9 Å². The lowest BCUT2D eigenvalue weighted by molar-refractivity contribution is -0.169. The maximum Gasteiger partial charge on any atom is 0.328 e. The highest BCUT2D eigenvalue weighted by molar-refractivity contribution is 9.10. The van der Waals surface area contributed by atoms with Crippen molar-refractivity contribution in [2.75, 3.05) is 13.2 Å². The Morgan fingerprint density at radius 3 is 2.24 bits per heavy atom. The fourth-order valence-electron chi connectivity index (χ4n) is 3.02. The van der Waals surface area contributed by atoms with Crippen LogP contribution >= 0.6 is 15.9 Å². The molecule has 0 aliphatic rings. The Balaban J connectivity index is 3.42. The van der Waals surface area contributed by atoms with Crippen LogP contribution in [0.15, 0.2) is 22.9 Å². The second kappa shape index (κ2) is 12.6. The molecule has 0 amide bonds. The van der Waals surface area contributed by atoms with Crippen LogP contribution in [0.25, 0.3) is 0 Å². The fraction of sp³-hybridized carbons (Fsp3) is 0.565. The Hall–Kier alpha value is -2.62. The van der Waals surface area contributed by atoms with Crippen LogP contribution in [0.1, 0.15) is 70.7 Å². The van der Waals surface area contributed by atoms with E-state index in [1.165, 1.54) is 18.5 Å². The number of ether oxygens (including phenoxy) is 3. The van der Waals surface area contributed by atoms with Crippen molar-refractivity contribution in [3.63, 3.8) is 0 Å². The van der Waals surface area contributed by atoms with Crippen molar-refractivity contribution in [1.82, 2.24) is 4.98 Å². The molecule has 0 N–H and O–H groups in total. The topological polar surface area (TPSA) is 126 Å². The lowest BCUT2D eigenvalue weighted by atomic mass is 9.72. The van der Waals surface area contributed by atoms with Gasteiger partial charge in [0.15, 0.2) is 23.6 Å². The number of nitrogens with zero attached hydrogens (tertiary/aromatic N) is 1. The molecule has 0 aromatic carbocycles. The molecule has 1 atom stereocenters. The summed E-state index contributed by atoms with van der Waals surface area (Å²) in [5.74, 6) is -3.94. The molecular weight excluding hydrogens is 498 g/mol. The summed E-state index contributed by atoms with van der Waals surface area (Å²) >= 11 is 3.23. The lowest BCUT2D eigenvalue weighted by Gasteiger charge is -2.32. The zero-order chi connectivity index (χ0) is 25.2. The maximum absolute atomic E-state index is 13.6. The largest absolute Gasteiger partial charge is 0.466 e. The van der Waals surface area contributed by atoms with Crippen LogP contribution in [0.2, 0.25) is 0 Å². The number of carbonyl (C=O) groups is 5. The van der Waals surface area contributed by atoms with Gasteiger partial charge in [-0.25, -0.2) is 0 Å². The standard InChI is InChI=1S/C23H30BrNO8/c1-6-31-19(28)9-7-8-10-23(18(27)14-32-15(2)26,21(30)33-22(3,4)5)20(29)16-11-17(24)13-25-12-16/h11-13H,6-10,14H2,1-5H3. The van der Waals surface area contributed by atoms with Crippen LogP contribution in [0.4, 0.5) is 0 Å². The van der Waals surface area contributed by atoms with Crippen molar-refractivity contribution in [3.8, 4) is 0 Å². The molecule has 182 valence electrons. The van der Waals surface area contributed by atoms with Crippen molar-refractivity contribution in [3.05, 3.63) is 28.5 Å². The van der Waals surface area contributed by atoms with E-state index >= 15 is 0 Å². The number of Topliss-reactive ketones (excluding diaryl/α,β-unsaturated/α-hetero) is 2. The van der Waals surface area contributed by atoms with Gasteiger partial charge in [0.1, 0.15) is 5.60 Å². The van der Waals surface area contributed by atoms with Crippen LogP contribution in [0.3, 0.4) is 0 Å². The minimum Gasteiger partial charge on any atom is -0.466 e. The van der Waals surface area contributed by atoms with Crippen LogP contribution in [0.5, 0.6) is 0 Å². The molecule has 9 nitrogen and oxygen atoms in total. The van der Waals surface area contributed by atoms with E-state index in [0.29, 0.717) is 4.47 Å². The van der Waals surface area contributed by atoms with E-state index in [9.17, 15) is 24.0 Å². The summed E-state index contributed by atoms with van der Waals surface area (Å²) in [5, 5.41) is 0. The lowest BCUT2D eigenvalue weighted by Crippen LogP contribution is -2.51. The maximum atomic E-state index is 13.6. The molecule has 0 aliphatic carbocycles. The average Bonchev–Trinajstić information content (AvgIpc) is 2.70. The highest BCUT2D eigenvalue weighted by atomic mass is 79.9. The predicted octanol–water partition coefficient (Wildman–Crippen LogP) is 3.61. The number of unbranched alkanes of at least 4 members (excludes halogenated alkanes) is 1. The van der Waals surface area contributed by atoms with Crippen LogP contribution in [0, 0.1) is 5.41 Å². The van der Waals surface area contributed by atoms with Gasteiger partial charge in [0.25, 0.3) is 0 Å². The molecule has 0 aliphatic heterocycles. The third kappa shape index (κ3) is 8.68. The molecule has 1 aromatic heterocycles. The minimum atomic E-state index is -2.28. The predicted molar refractivity (Wildman–Crippen MR) is 121 cm³/mol. The molecule has 1 heterocycles. The first-order valence-corrected chi connectivity index (χ1v) is 11.3. The highest BCUT2D eigenvalue weighted by Crippen LogP contribution is 2.35. The first kappa shape index (κ1) is 28.4. The van der Waals surface area contributed by atoms with E-state index in [-0.39, 0.29) is 37.9 Å². The summed E-state index contributed by atoms with van der Waals surface area (Å²) in [7, 11) is 0. The second-order valence-corrected chi connectivity index (χ2v) is 9.26. The first-order chi connectivity index (χ1) is 15.3. The molecule has 0 saturated carbocycles. The van der Waals surface area contributed by atoms with Crippen molar-refractivity contribution in [1.29, 1.82) is 0 Å². The Morgan fingerprint density at radius 2 is 1.70 bits per heavy atom. The van der Waals surface area contributed by atoms with Gasteiger partial charge < -0.3 is 14.2 Å². The van der Waals surface area contributed by atoms with E-state index in [1.54, 1.807) is 27.7 Å². The normalized spacial score (nSPS) is 12.9. The minimum absolute atomic E-state index is 0.0109. The highest BCUT2D eigenvalue weighted by Gasteiger charge is 2.54. The van der Waals surface area contributed by atoms with Gasteiger partial charge in [-0.2, -0.15) is 0 Å². The zero-order valence-corrected chi connectivity index (χ0v) is 21.2. The molecular formula is C23H30BrNO8. The number of aromatic nitrogens is 1. The number of halogens is 1. The number of ketones is 2. The van der Waals surface area contributed by atoms with E-state index in [4.69, 9.17) is 14.2 Å². The Morgan fingerprint density at radius 1 is 1.03 bits per heavy atom. The number of esters is 3. The third-order valence-corrected chi connectivity index (χ3v) is 4.91. The molecule has 0 radical (unpaired) electrons. The number of hydrogen-bond acceptors (Lipinski definition) is 9. The Labute approximate surface area is 201 Å². The van der Waals surface area contributed by atoms with Gasteiger partial charge in [-0.3, -0.25) is 29.0 Å². The zero-order valence-electron chi connectivity index (χ0n) is 19.6. The Kier molecular flexibility index (Phi) is 10.8. The van der Waals surface area contributed by atoms with E-state index in [2.05, 4.69) is 20.9 Å². The number of rotatable bonds is 12. The molecule has 33 heavy (non-hydrogen) atoms. The summed E-state index contributed by atoms with van der Waals surface area (Å²) < 4.78 is 15.7. The summed E-state index contributed by atoms with van der Waals surface area (Å²) in [6, 6.07) is 1.44. The monoisotopic (exact) mass is 527 g/mol. The fourth-order valence-corrected chi connectivity index (χ4v) is 3.38. The van der Waals surface area contributed by atoms with Gasteiger partial charge in [0.05, 0.1) is 6.61 Å².